The SMILES string of the molecule is CC(Sc1nc2ccccc2[nH]1)C(=O)NC1CCCCCC1. The summed E-state index contributed by atoms with van der Waals surface area (Å²) in [5, 5.41) is 3.89. The summed E-state index contributed by atoms with van der Waals surface area (Å²) >= 11 is 1.49. The van der Waals surface area contributed by atoms with E-state index in [1.165, 1.54) is 37.4 Å². The van der Waals surface area contributed by atoms with Gasteiger partial charge in [-0.3, -0.25) is 4.79 Å². The average Bonchev–Trinajstić information content (AvgIpc) is 2.74. The lowest BCUT2D eigenvalue weighted by Gasteiger charge is -2.18. The minimum Gasteiger partial charge on any atom is -0.352 e. The van der Waals surface area contributed by atoms with Crippen molar-refractivity contribution in [2.75, 3.05) is 0 Å². The van der Waals surface area contributed by atoms with Gasteiger partial charge >= 0.3 is 0 Å². The summed E-state index contributed by atoms with van der Waals surface area (Å²) in [4.78, 5) is 20.2. The average molecular weight is 317 g/mol. The third-order valence-corrected chi connectivity index (χ3v) is 5.21. The molecule has 3 rings (SSSR count). The maximum absolute atomic E-state index is 12.4. The number of imidazole rings is 1. The van der Waals surface area contributed by atoms with Crippen LogP contribution in [0.4, 0.5) is 0 Å². The molecule has 0 radical (unpaired) electrons. The van der Waals surface area contributed by atoms with Crippen molar-refractivity contribution >= 4 is 28.7 Å². The van der Waals surface area contributed by atoms with Gasteiger partial charge in [0.25, 0.3) is 0 Å². The Balaban J connectivity index is 1.58. The molecule has 22 heavy (non-hydrogen) atoms. The van der Waals surface area contributed by atoms with Gasteiger partial charge in [-0.2, -0.15) is 0 Å². The number of hydrogen-bond donors (Lipinski definition) is 2. The highest BCUT2D eigenvalue weighted by Crippen LogP contribution is 2.24. The zero-order chi connectivity index (χ0) is 15.4. The molecule has 1 aliphatic rings. The van der Waals surface area contributed by atoms with Crippen molar-refractivity contribution in [3.05, 3.63) is 24.3 Å². The molecule has 2 N–H and O–H groups in total. The summed E-state index contributed by atoms with van der Waals surface area (Å²) in [6.07, 6.45) is 7.30. The van der Waals surface area contributed by atoms with Gasteiger partial charge in [0, 0.05) is 6.04 Å². The molecule has 1 saturated carbocycles. The molecule has 1 amide bonds. The lowest BCUT2D eigenvalue weighted by Crippen LogP contribution is -2.39. The molecule has 5 heteroatoms. The van der Waals surface area contributed by atoms with E-state index < -0.39 is 0 Å². The van der Waals surface area contributed by atoms with Crippen LogP contribution in [0.15, 0.2) is 29.4 Å². The Morgan fingerprint density at radius 1 is 1.27 bits per heavy atom. The molecule has 1 fully saturated rings. The smallest absolute Gasteiger partial charge is 0.233 e. The highest BCUT2D eigenvalue weighted by molar-refractivity contribution is 8.00. The van der Waals surface area contributed by atoms with Crippen LogP contribution in [0, 0.1) is 0 Å². The molecule has 0 saturated heterocycles. The van der Waals surface area contributed by atoms with Crippen molar-refractivity contribution in [2.24, 2.45) is 0 Å². The number of para-hydroxylation sites is 2. The lowest BCUT2D eigenvalue weighted by molar-refractivity contribution is -0.121. The molecule has 1 atom stereocenters. The number of benzene rings is 1. The predicted molar refractivity (Wildman–Crippen MR) is 91.0 cm³/mol. The van der Waals surface area contributed by atoms with Gasteiger partial charge in [0.1, 0.15) is 0 Å². The van der Waals surface area contributed by atoms with E-state index in [1.54, 1.807) is 0 Å². The summed E-state index contributed by atoms with van der Waals surface area (Å²) in [5.41, 5.74) is 1.96. The van der Waals surface area contributed by atoms with Crippen molar-refractivity contribution < 1.29 is 4.79 Å². The molecule has 1 aromatic heterocycles. The van der Waals surface area contributed by atoms with Crippen LogP contribution in [0.5, 0.6) is 0 Å². The number of amides is 1. The fourth-order valence-electron chi connectivity index (χ4n) is 2.95. The Kier molecular flexibility index (Phi) is 5.03. The van der Waals surface area contributed by atoms with E-state index in [2.05, 4.69) is 15.3 Å². The first-order chi connectivity index (χ1) is 10.7. The van der Waals surface area contributed by atoms with Crippen molar-refractivity contribution in [3.8, 4) is 0 Å². The number of carbonyl (C=O) groups excluding carboxylic acids is 1. The number of aromatic nitrogens is 2. The number of nitrogens with zero attached hydrogens (tertiary/aromatic N) is 1. The number of fused-ring (bicyclic) bond motifs is 1. The Morgan fingerprint density at radius 2 is 2.00 bits per heavy atom. The van der Waals surface area contributed by atoms with Crippen molar-refractivity contribution in [1.29, 1.82) is 0 Å². The van der Waals surface area contributed by atoms with Gasteiger partial charge in [-0.1, -0.05) is 49.6 Å². The number of aromatic amines is 1. The molecule has 0 bridgehead atoms. The Morgan fingerprint density at radius 3 is 2.73 bits per heavy atom. The van der Waals surface area contributed by atoms with Gasteiger partial charge in [-0.05, 0) is 31.9 Å². The van der Waals surface area contributed by atoms with E-state index in [1.807, 2.05) is 31.2 Å². The van der Waals surface area contributed by atoms with E-state index in [0.29, 0.717) is 6.04 Å². The van der Waals surface area contributed by atoms with E-state index in [0.717, 1.165) is 29.0 Å². The van der Waals surface area contributed by atoms with Gasteiger partial charge < -0.3 is 10.3 Å². The number of thioether (sulfide) groups is 1. The van der Waals surface area contributed by atoms with Gasteiger partial charge in [-0.25, -0.2) is 4.98 Å². The Hall–Kier alpha value is -1.49. The van der Waals surface area contributed by atoms with E-state index in [4.69, 9.17) is 0 Å². The van der Waals surface area contributed by atoms with Gasteiger partial charge in [0.15, 0.2) is 5.16 Å². The van der Waals surface area contributed by atoms with Gasteiger partial charge in [0.05, 0.1) is 16.3 Å². The number of H-pyrrole nitrogens is 1. The number of rotatable bonds is 4. The Bertz CT molecular complexity index is 599. The Labute approximate surface area is 135 Å². The zero-order valence-corrected chi connectivity index (χ0v) is 13.8. The second kappa shape index (κ2) is 7.18. The van der Waals surface area contributed by atoms with Gasteiger partial charge in [-0.15, -0.1) is 0 Å². The summed E-state index contributed by atoms with van der Waals surface area (Å²) < 4.78 is 0. The van der Waals surface area contributed by atoms with Crippen LogP contribution in [0.1, 0.15) is 45.4 Å². The molecular formula is C17H23N3OS. The third kappa shape index (κ3) is 3.83. The minimum atomic E-state index is -0.135. The maximum Gasteiger partial charge on any atom is 0.233 e. The fraction of sp³-hybridized carbons (Fsp3) is 0.529. The van der Waals surface area contributed by atoms with Crippen molar-refractivity contribution in [2.45, 2.75) is 61.9 Å². The van der Waals surface area contributed by atoms with Crippen LogP contribution < -0.4 is 5.32 Å². The molecule has 1 heterocycles. The molecule has 118 valence electrons. The first-order valence-electron chi connectivity index (χ1n) is 8.14. The monoisotopic (exact) mass is 317 g/mol. The summed E-state index contributed by atoms with van der Waals surface area (Å²) in [5.74, 6) is 0.123. The van der Waals surface area contributed by atoms with Crippen LogP contribution in [-0.2, 0) is 4.79 Å². The standard InChI is InChI=1S/C17H23N3OS/c1-12(16(21)18-13-8-4-2-3-5-9-13)22-17-19-14-10-6-7-11-15(14)20-17/h6-7,10-13H,2-5,8-9H2,1H3,(H,18,21)(H,19,20). The molecule has 2 aromatic rings. The largest absolute Gasteiger partial charge is 0.352 e. The molecule has 1 aliphatic carbocycles. The van der Waals surface area contributed by atoms with Crippen LogP contribution in [0.3, 0.4) is 0 Å². The first kappa shape index (κ1) is 15.4. The van der Waals surface area contributed by atoms with Crippen LogP contribution in [0.25, 0.3) is 11.0 Å². The van der Waals surface area contributed by atoms with Gasteiger partial charge in [0.2, 0.25) is 5.91 Å². The molecule has 1 unspecified atom stereocenters. The zero-order valence-electron chi connectivity index (χ0n) is 13.0. The number of hydrogen-bond acceptors (Lipinski definition) is 3. The van der Waals surface area contributed by atoms with E-state index in [9.17, 15) is 4.79 Å². The molecule has 0 spiro atoms. The first-order valence-corrected chi connectivity index (χ1v) is 9.02. The van der Waals surface area contributed by atoms with E-state index >= 15 is 0 Å². The fourth-order valence-corrected chi connectivity index (χ4v) is 3.78. The van der Waals surface area contributed by atoms with Crippen LogP contribution >= 0.6 is 11.8 Å². The number of nitrogens with one attached hydrogen (secondary N) is 2. The van der Waals surface area contributed by atoms with E-state index in [-0.39, 0.29) is 11.2 Å². The summed E-state index contributed by atoms with van der Waals surface area (Å²) in [7, 11) is 0. The van der Waals surface area contributed by atoms with Crippen molar-refractivity contribution in [1.82, 2.24) is 15.3 Å². The summed E-state index contributed by atoms with van der Waals surface area (Å²) in [6, 6.07) is 8.29. The topological polar surface area (TPSA) is 57.8 Å². The van der Waals surface area contributed by atoms with Crippen LogP contribution in [0.2, 0.25) is 0 Å². The predicted octanol–water partition coefficient (Wildman–Crippen LogP) is 3.88. The lowest BCUT2D eigenvalue weighted by atomic mass is 10.1. The normalized spacial score (nSPS) is 18.0. The number of carbonyl (C=O) groups is 1. The highest BCUT2D eigenvalue weighted by Gasteiger charge is 2.20. The highest BCUT2D eigenvalue weighted by atomic mass is 32.2. The quantitative estimate of drug-likeness (QED) is 0.664. The maximum atomic E-state index is 12.4. The second-order valence-electron chi connectivity index (χ2n) is 6.02. The molecule has 4 nitrogen and oxygen atoms in total. The van der Waals surface area contributed by atoms with Crippen LogP contribution in [-0.4, -0.2) is 27.2 Å². The molecule has 0 aliphatic heterocycles. The molecule has 1 aromatic carbocycles. The minimum absolute atomic E-state index is 0.123. The summed E-state index contributed by atoms with van der Waals surface area (Å²) in [6.45, 7) is 1.95. The second-order valence-corrected chi connectivity index (χ2v) is 7.35. The third-order valence-electron chi connectivity index (χ3n) is 4.23. The van der Waals surface area contributed by atoms with Crippen molar-refractivity contribution in [3.63, 3.8) is 0 Å². The molecular weight excluding hydrogens is 294 g/mol.